The summed E-state index contributed by atoms with van der Waals surface area (Å²) < 4.78 is 2.06. The minimum atomic E-state index is -0.336. The Morgan fingerprint density at radius 2 is 2.19 bits per heavy atom. The molecular formula is C19H29N7O. The quantitative estimate of drug-likeness (QED) is 0.544. The Balaban J connectivity index is 1.55. The molecule has 3 rings (SSSR count). The van der Waals surface area contributed by atoms with Crippen LogP contribution < -0.4 is 16.4 Å². The number of primary amides is 1. The molecule has 0 saturated carbocycles. The second-order valence-electron chi connectivity index (χ2n) is 6.91. The molecule has 0 radical (unpaired) electrons. The third-order valence-corrected chi connectivity index (χ3v) is 4.86. The normalized spacial score (nSPS) is 15.9. The molecule has 0 bridgehead atoms. The van der Waals surface area contributed by atoms with Gasteiger partial charge in [-0.15, -0.1) is 0 Å². The zero-order chi connectivity index (χ0) is 19.2. The summed E-state index contributed by atoms with van der Waals surface area (Å²) in [5, 5.41) is 6.77. The van der Waals surface area contributed by atoms with Gasteiger partial charge in [-0.1, -0.05) is 6.07 Å². The first kappa shape index (κ1) is 19.0. The van der Waals surface area contributed by atoms with E-state index in [-0.39, 0.29) is 6.03 Å². The second kappa shape index (κ2) is 8.75. The number of carbonyl (C=O) groups excluding carboxylic acids is 1. The number of likely N-dealkylation sites (tertiary alicyclic amines) is 1. The van der Waals surface area contributed by atoms with Crippen LogP contribution in [0.3, 0.4) is 0 Å². The lowest BCUT2D eigenvalue weighted by Gasteiger charge is -2.32. The van der Waals surface area contributed by atoms with Crippen LogP contribution in [0.4, 0.5) is 4.79 Å². The maximum Gasteiger partial charge on any atom is 0.314 e. The van der Waals surface area contributed by atoms with Gasteiger partial charge in [-0.25, -0.2) is 9.78 Å². The number of fused-ring (bicyclic) bond motifs is 1. The number of nitrogens with one attached hydrogen (secondary N) is 2. The van der Waals surface area contributed by atoms with Crippen LogP contribution in [0.15, 0.2) is 29.5 Å². The molecule has 0 aromatic carbocycles. The van der Waals surface area contributed by atoms with Crippen LogP contribution in [0.1, 0.15) is 31.0 Å². The Labute approximate surface area is 159 Å². The number of aryl methyl sites for hydroxylation is 1. The molecule has 0 aliphatic carbocycles. The van der Waals surface area contributed by atoms with Gasteiger partial charge in [0, 0.05) is 51.0 Å². The van der Waals surface area contributed by atoms with Crippen molar-refractivity contribution in [3.63, 3.8) is 0 Å². The Bertz CT molecular complexity index is 805. The zero-order valence-electron chi connectivity index (χ0n) is 16.1. The highest BCUT2D eigenvalue weighted by atomic mass is 16.2. The Hall–Kier alpha value is -2.77. The molecule has 1 saturated heterocycles. The van der Waals surface area contributed by atoms with Crippen LogP contribution in [0.5, 0.6) is 0 Å². The first-order valence-corrected chi connectivity index (χ1v) is 9.59. The maximum absolute atomic E-state index is 11.2. The average Bonchev–Trinajstić information content (AvgIpc) is 3.07. The van der Waals surface area contributed by atoms with Gasteiger partial charge in [-0.3, -0.25) is 4.99 Å². The lowest BCUT2D eigenvalue weighted by atomic mass is 10.1. The summed E-state index contributed by atoms with van der Waals surface area (Å²) in [6.45, 7) is 6.97. The molecular weight excluding hydrogens is 342 g/mol. The predicted octanol–water partition coefficient (Wildman–Crippen LogP) is 1.28. The van der Waals surface area contributed by atoms with Gasteiger partial charge in [0.1, 0.15) is 5.65 Å². The molecule has 2 amide bonds. The Kier molecular flexibility index (Phi) is 6.16. The average molecular weight is 371 g/mol. The van der Waals surface area contributed by atoms with E-state index in [2.05, 4.69) is 46.1 Å². The van der Waals surface area contributed by atoms with Gasteiger partial charge in [0.25, 0.3) is 0 Å². The third kappa shape index (κ3) is 4.90. The minimum Gasteiger partial charge on any atom is -0.357 e. The van der Waals surface area contributed by atoms with Gasteiger partial charge in [0.2, 0.25) is 0 Å². The van der Waals surface area contributed by atoms with Crippen molar-refractivity contribution >= 4 is 17.6 Å². The van der Waals surface area contributed by atoms with Gasteiger partial charge < -0.3 is 25.7 Å². The first-order valence-electron chi connectivity index (χ1n) is 9.59. The van der Waals surface area contributed by atoms with E-state index < -0.39 is 0 Å². The van der Waals surface area contributed by atoms with Crippen molar-refractivity contribution in [2.75, 3.05) is 26.2 Å². The van der Waals surface area contributed by atoms with E-state index in [1.165, 1.54) is 5.56 Å². The van der Waals surface area contributed by atoms with E-state index in [4.69, 9.17) is 10.7 Å². The highest BCUT2D eigenvalue weighted by molar-refractivity contribution is 5.80. The van der Waals surface area contributed by atoms with Crippen LogP contribution in [-0.2, 0) is 6.42 Å². The molecule has 27 heavy (non-hydrogen) atoms. The molecule has 1 aliphatic heterocycles. The van der Waals surface area contributed by atoms with Crippen LogP contribution in [0.25, 0.3) is 5.65 Å². The van der Waals surface area contributed by atoms with E-state index in [9.17, 15) is 4.79 Å². The van der Waals surface area contributed by atoms with Gasteiger partial charge in [0.05, 0.1) is 5.69 Å². The number of imidazole rings is 1. The van der Waals surface area contributed by atoms with Crippen LogP contribution >= 0.6 is 0 Å². The number of nitrogens with two attached hydrogens (primary N) is 1. The van der Waals surface area contributed by atoms with E-state index in [0.29, 0.717) is 25.7 Å². The fourth-order valence-electron chi connectivity index (χ4n) is 3.36. The van der Waals surface area contributed by atoms with Crippen LogP contribution in [-0.4, -0.2) is 58.5 Å². The number of rotatable bonds is 5. The number of hydrogen-bond donors (Lipinski definition) is 3. The number of nitrogens with zero attached hydrogens (tertiary/aromatic N) is 4. The molecule has 2 aromatic heterocycles. The smallest absolute Gasteiger partial charge is 0.314 e. The van der Waals surface area contributed by atoms with Crippen LogP contribution in [0.2, 0.25) is 0 Å². The SMILES string of the molecule is CCNC(=NCCc1cn2cccc(C)c2n1)NC1CCN(C(N)=O)CC1. The van der Waals surface area contributed by atoms with E-state index >= 15 is 0 Å². The molecule has 0 unspecified atom stereocenters. The van der Waals surface area contributed by atoms with Crippen molar-refractivity contribution in [3.8, 4) is 0 Å². The summed E-state index contributed by atoms with van der Waals surface area (Å²) in [6.07, 6.45) is 6.62. The third-order valence-electron chi connectivity index (χ3n) is 4.86. The van der Waals surface area contributed by atoms with Crippen molar-refractivity contribution in [3.05, 3.63) is 35.8 Å². The van der Waals surface area contributed by atoms with Crippen LogP contribution in [0, 0.1) is 6.92 Å². The fraction of sp³-hybridized carbons (Fsp3) is 0.526. The Morgan fingerprint density at radius 3 is 2.85 bits per heavy atom. The molecule has 8 heteroatoms. The van der Waals surface area contributed by atoms with Crippen molar-refractivity contribution in [1.29, 1.82) is 0 Å². The fourth-order valence-corrected chi connectivity index (χ4v) is 3.36. The van der Waals surface area contributed by atoms with Gasteiger partial charge in [0.15, 0.2) is 5.96 Å². The Morgan fingerprint density at radius 1 is 1.41 bits per heavy atom. The van der Waals surface area contributed by atoms with Crippen molar-refractivity contribution in [2.45, 2.75) is 39.2 Å². The zero-order valence-corrected chi connectivity index (χ0v) is 16.1. The van der Waals surface area contributed by atoms with E-state index in [1.54, 1.807) is 4.90 Å². The molecule has 1 aliphatic rings. The topological polar surface area (TPSA) is 100 Å². The number of carbonyl (C=O) groups is 1. The largest absolute Gasteiger partial charge is 0.357 e. The number of aromatic nitrogens is 2. The highest BCUT2D eigenvalue weighted by Crippen LogP contribution is 2.11. The number of piperidine rings is 1. The molecule has 3 heterocycles. The predicted molar refractivity (Wildman–Crippen MR) is 107 cm³/mol. The van der Waals surface area contributed by atoms with E-state index in [0.717, 1.165) is 43.1 Å². The number of guanidine groups is 1. The van der Waals surface area contributed by atoms with Gasteiger partial charge in [-0.05, 0) is 38.3 Å². The number of amides is 2. The summed E-state index contributed by atoms with van der Waals surface area (Å²) >= 11 is 0. The number of urea groups is 1. The maximum atomic E-state index is 11.2. The molecule has 8 nitrogen and oxygen atoms in total. The second-order valence-corrected chi connectivity index (χ2v) is 6.91. The standard InChI is InChI=1S/C19H29N7O/c1-3-21-19(24-15-7-11-25(12-8-15)18(20)27)22-9-6-16-13-26-10-4-5-14(2)17(26)23-16/h4-5,10,13,15H,3,6-9,11-12H2,1-2H3,(H2,20,27)(H2,21,22,24). The molecule has 2 aromatic rings. The number of pyridine rings is 1. The molecule has 0 spiro atoms. The van der Waals surface area contributed by atoms with Crippen molar-refractivity contribution < 1.29 is 4.79 Å². The molecule has 0 atom stereocenters. The number of hydrogen-bond acceptors (Lipinski definition) is 3. The summed E-state index contributed by atoms with van der Waals surface area (Å²) in [7, 11) is 0. The molecule has 146 valence electrons. The van der Waals surface area contributed by atoms with Crippen molar-refractivity contribution in [1.82, 2.24) is 24.9 Å². The van der Waals surface area contributed by atoms with Crippen molar-refractivity contribution in [2.24, 2.45) is 10.7 Å². The van der Waals surface area contributed by atoms with E-state index in [1.807, 2.05) is 12.3 Å². The monoisotopic (exact) mass is 371 g/mol. The molecule has 1 fully saturated rings. The summed E-state index contributed by atoms with van der Waals surface area (Å²) in [6, 6.07) is 4.07. The first-order chi connectivity index (χ1) is 13.1. The number of aliphatic imine (C=N–C) groups is 1. The summed E-state index contributed by atoms with van der Waals surface area (Å²) in [5.41, 5.74) is 8.56. The minimum absolute atomic E-state index is 0.302. The lowest BCUT2D eigenvalue weighted by molar-refractivity contribution is 0.188. The molecule has 4 N–H and O–H groups in total. The highest BCUT2D eigenvalue weighted by Gasteiger charge is 2.21. The lowest BCUT2D eigenvalue weighted by Crippen LogP contribution is -2.50. The van der Waals surface area contributed by atoms with Gasteiger partial charge in [-0.2, -0.15) is 0 Å². The summed E-state index contributed by atoms with van der Waals surface area (Å²) in [4.78, 5) is 22.3. The summed E-state index contributed by atoms with van der Waals surface area (Å²) in [5.74, 6) is 0.815. The van der Waals surface area contributed by atoms with Gasteiger partial charge >= 0.3 is 6.03 Å².